The molecule has 3 aliphatic carbocycles. The van der Waals surface area contributed by atoms with Crippen LogP contribution in [0.3, 0.4) is 0 Å². The highest BCUT2D eigenvalue weighted by molar-refractivity contribution is 5.76. The second kappa shape index (κ2) is 11.5. The molecular weight excluding hydrogens is 500 g/mol. The Balaban J connectivity index is 1.23. The van der Waals surface area contributed by atoms with E-state index in [2.05, 4.69) is 17.6 Å². The Morgan fingerprint density at radius 2 is 1.82 bits per heavy atom. The third-order valence-electron chi connectivity index (χ3n) is 10.2. The van der Waals surface area contributed by atoms with Crippen molar-refractivity contribution in [2.45, 2.75) is 103 Å². The van der Waals surface area contributed by atoms with Gasteiger partial charge >= 0.3 is 6.09 Å². The smallest absolute Gasteiger partial charge is 0.407 e. The largest absolute Gasteiger partial charge is 0.454 e. The fourth-order valence-corrected chi connectivity index (χ4v) is 7.88. The summed E-state index contributed by atoms with van der Waals surface area (Å²) in [5.74, 6) is 1.01. The van der Waals surface area contributed by atoms with Crippen molar-refractivity contribution in [2.75, 3.05) is 13.4 Å². The number of carbonyl (C=O) groups is 2. The fraction of sp³-hybridized carbons (Fsp3) is 0.733. The quantitative estimate of drug-likeness (QED) is 0.408. The molecule has 0 bridgehead atoms. The average Bonchev–Trinajstić information content (AvgIpc) is 3.40. The molecule has 39 heavy (non-hydrogen) atoms. The van der Waals surface area contributed by atoms with Gasteiger partial charge in [-0.15, -0.1) is 0 Å². The van der Waals surface area contributed by atoms with E-state index in [1.165, 1.54) is 6.42 Å². The molecule has 3 saturated carbocycles. The number of rotatable bonds is 7. The number of benzene rings is 1. The second-order valence-corrected chi connectivity index (χ2v) is 12.6. The average molecular weight is 545 g/mol. The maximum Gasteiger partial charge on any atom is 0.407 e. The van der Waals surface area contributed by atoms with Gasteiger partial charge in [-0.1, -0.05) is 39.2 Å². The minimum absolute atomic E-state index is 0.00582. The number of aliphatic hydroxyl groups excluding tert-OH is 2. The Morgan fingerprint density at radius 1 is 1.05 bits per heavy atom. The van der Waals surface area contributed by atoms with Crippen molar-refractivity contribution in [1.82, 2.24) is 10.6 Å². The van der Waals surface area contributed by atoms with Crippen LogP contribution in [0.1, 0.15) is 83.6 Å². The molecule has 9 heteroatoms. The van der Waals surface area contributed by atoms with Crippen LogP contribution >= 0.6 is 0 Å². The van der Waals surface area contributed by atoms with E-state index in [4.69, 9.17) is 14.2 Å². The van der Waals surface area contributed by atoms with Crippen LogP contribution < -0.4 is 20.1 Å². The molecule has 5 rings (SSSR count). The summed E-state index contributed by atoms with van der Waals surface area (Å²) in [7, 11) is 0. The third kappa shape index (κ3) is 5.71. The number of hydrogen-bond donors (Lipinski definition) is 4. The third-order valence-corrected chi connectivity index (χ3v) is 10.2. The van der Waals surface area contributed by atoms with Crippen molar-refractivity contribution >= 4 is 12.0 Å². The van der Waals surface area contributed by atoms with Gasteiger partial charge in [0, 0.05) is 24.4 Å². The first-order chi connectivity index (χ1) is 18.7. The number of aliphatic hydroxyl groups is 2. The van der Waals surface area contributed by atoms with Crippen molar-refractivity contribution in [3.63, 3.8) is 0 Å². The molecule has 9 nitrogen and oxygen atoms in total. The molecule has 216 valence electrons. The number of ether oxygens (including phenoxy) is 3. The highest BCUT2D eigenvalue weighted by Crippen LogP contribution is 2.61. The normalized spacial score (nSPS) is 34.2. The van der Waals surface area contributed by atoms with Gasteiger partial charge in [0.05, 0.1) is 12.7 Å². The van der Waals surface area contributed by atoms with Crippen LogP contribution in [-0.2, 0) is 16.1 Å². The zero-order valence-corrected chi connectivity index (χ0v) is 23.2. The lowest BCUT2D eigenvalue weighted by molar-refractivity contribution is -0.186. The Kier molecular flexibility index (Phi) is 8.29. The fourth-order valence-electron chi connectivity index (χ4n) is 7.88. The first-order valence-corrected chi connectivity index (χ1v) is 14.6. The van der Waals surface area contributed by atoms with Crippen molar-refractivity contribution < 1.29 is 34.0 Å². The van der Waals surface area contributed by atoms with E-state index in [0.717, 1.165) is 31.2 Å². The summed E-state index contributed by atoms with van der Waals surface area (Å²) in [6, 6.07) is 5.77. The molecule has 1 aromatic rings. The number of hydrogen-bond acceptors (Lipinski definition) is 7. The first kappa shape index (κ1) is 28.0. The van der Waals surface area contributed by atoms with Crippen molar-refractivity contribution in [3.05, 3.63) is 23.8 Å². The molecule has 1 aliphatic heterocycles. The van der Waals surface area contributed by atoms with Gasteiger partial charge in [0.25, 0.3) is 0 Å². The topological polar surface area (TPSA) is 126 Å². The number of alkyl carbamates (subject to hydrolysis) is 1. The predicted molar refractivity (Wildman–Crippen MR) is 144 cm³/mol. The van der Waals surface area contributed by atoms with Crippen LogP contribution in [0.2, 0.25) is 0 Å². The minimum atomic E-state index is -0.655. The van der Waals surface area contributed by atoms with Crippen molar-refractivity contribution in [3.8, 4) is 11.5 Å². The highest BCUT2D eigenvalue weighted by Gasteiger charge is 2.60. The minimum Gasteiger partial charge on any atom is -0.454 e. The highest BCUT2D eigenvalue weighted by atomic mass is 16.7. The van der Waals surface area contributed by atoms with E-state index in [1.54, 1.807) is 0 Å². The van der Waals surface area contributed by atoms with Crippen LogP contribution in [0.25, 0.3) is 0 Å². The van der Waals surface area contributed by atoms with Crippen molar-refractivity contribution in [1.29, 1.82) is 0 Å². The molecule has 1 heterocycles. The van der Waals surface area contributed by atoms with E-state index < -0.39 is 23.7 Å². The van der Waals surface area contributed by atoms with Gasteiger partial charge in [-0.2, -0.15) is 0 Å². The summed E-state index contributed by atoms with van der Waals surface area (Å²) >= 11 is 0. The lowest BCUT2D eigenvalue weighted by Gasteiger charge is -2.60. The molecule has 0 aromatic heterocycles. The second-order valence-electron chi connectivity index (χ2n) is 12.6. The van der Waals surface area contributed by atoms with Crippen molar-refractivity contribution in [2.24, 2.45) is 22.7 Å². The van der Waals surface area contributed by atoms with Gasteiger partial charge in [-0.05, 0) is 73.5 Å². The molecule has 2 amide bonds. The predicted octanol–water partition coefficient (Wildman–Crippen LogP) is 4.03. The van der Waals surface area contributed by atoms with Gasteiger partial charge in [-0.3, -0.25) is 4.79 Å². The summed E-state index contributed by atoms with van der Waals surface area (Å²) in [6.07, 6.45) is 6.77. The number of carbonyl (C=O) groups excluding carboxylic acids is 2. The Hall–Kier alpha value is -2.52. The maximum absolute atomic E-state index is 13.1. The zero-order valence-electron chi connectivity index (χ0n) is 23.2. The molecule has 0 radical (unpaired) electrons. The molecule has 0 unspecified atom stereocenters. The van der Waals surface area contributed by atoms with Crippen LogP contribution in [0.15, 0.2) is 18.2 Å². The summed E-state index contributed by atoms with van der Waals surface area (Å²) in [5.41, 5.74) is -0.110. The zero-order chi connectivity index (χ0) is 27.6. The van der Waals surface area contributed by atoms with E-state index in [0.29, 0.717) is 43.7 Å². The van der Waals surface area contributed by atoms with Crippen LogP contribution in [0.5, 0.6) is 11.5 Å². The summed E-state index contributed by atoms with van der Waals surface area (Å²) < 4.78 is 16.8. The Labute approximate surface area is 231 Å². The van der Waals surface area contributed by atoms with Gasteiger partial charge < -0.3 is 35.1 Å². The van der Waals surface area contributed by atoms with E-state index in [-0.39, 0.29) is 49.0 Å². The number of fused-ring (bicyclic) bond motifs is 2. The van der Waals surface area contributed by atoms with Gasteiger partial charge in [-0.25, -0.2) is 4.79 Å². The lowest BCUT2D eigenvalue weighted by atomic mass is 9.46. The summed E-state index contributed by atoms with van der Waals surface area (Å²) in [6.45, 7) is 4.59. The maximum atomic E-state index is 13.1. The molecule has 1 aromatic carbocycles. The van der Waals surface area contributed by atoms with Crippen LogP contribution in [-0.4, -0.2) is 53.9 Å². The number of amides is 2. The standard InChI is InChI=1S/C30H44N2O7/c1-29-13-12-26(39-28(36)32-20-6-4-3-5-7-20)30(2,17-33)25(29)11-9-22(34)21(29)15-27(35)31-16-19-8-10-23-24(14-19)38-18-37-23/h8,10,14,20-22,25-26,33-34H,3-7,9,11-13,15-18H2,1-2H3,(H,31,35)(H,32,36)/t21-,22-,25+,26-,29+,30+/m1/s1. The number of nitrogens with one attached hydrogen (secondary N) is 2. The molecule has 6 atom stereocenters. The van der Waals surface area contributed by atoms with Gasteiger partial charge in [0.1, 0.15) is 6.10 Å². The molecule has 0 saturated heterocycles. The Bertz CT molecular complexity index is 1040. The Morgan fingerprint density at radius 3 is 2.59 bits per heavy atom. The summed E-state index contributed by atoms with van der Waals surface area (Å²) in [4.78, 5) is 25.9. The van der Waals surface area contributed by atoms with E-state index in [9.17, 15) is 19.8 Å². The molecule has 3 fully saturated rings. The monoisotopic (exact) mass is 544 g/mol. The van der Waals surface area contributed by atoms with Crippen LogP contribution in [0.4, 0.5) is 4.79 Å². The summed E-state index contributed by atoms with van der Waals surface area (Å²) in [5, 5.41) is 27.8. The molecule has 4 aliphatic rings. The van der Waals surface area contributed by atoms with E-state index in [1.807, 2.05) is 25.1 Å². The molecule has 0 spiro atoms. The van der Waals surface area contributed by atoms with Crippen LogP contribution in [0, 0.1) is 22.7 Å². The first-order valence-electron chi connectivity index (χ1n) is 14.6. The lowest BCUT2D eigenvalue weighted by Crippen LogP contribution is -2.61. The molecule has 4 N–H and O–H groups in total. The van der Waals surface area contributed by atoms with Gasteiger partial charge in [0.2, 0.25) is 12.7 Å². The van der Waals surface area contributed by atoms with Gasteiger partial charge in [0.15, 0.2) is 11.5 Å². The SMILES string of the molecule is C[C@]1(CO)[C@H]2CC[C@@H](O)[C@@H](CC(=O)NCc3ccc4c(c3)OCO4)[C@]2(C)CC[C@H]1OC(=O)NC1CCCCC1. The molecular formula is C30H44N2O7. The van der Waals surface area contributed by atoms with E-state index >= 15 is 0 Å².